The molecule has 0 bridgehead atoms. The third kappa shape index (κ3) is 2.38. The Kier molecular flexibility index (Phi) is 3.51. The van der Waals surface area contributed by atoms with Gasteiger partial charge in [-0.15, -0.1) is 0 Å². The molecule has 0 aliphatic carbocycles. The normalized spacial score (nSPS) is 13.5. The number of hydrogen-bond donors (Lipinski definition) is 0. The molecule has 2 heterocycles. The average Bonchev–Trinajstić information content (AvgIpc) is 2.86. The van der Waals surface area contributed by atoms with Crippen molar-refractivity contribution >= 4 is 47.8 Å². The third-order valence-corrected chi connectivity index (χ3v) is 4.33. The van der Waals surface area contributed by atoms with Crippen LogP contribution in [0.4, 0.5) is 0 Å². The molecule has 1 aliphatic rings. The first-order chi connectivity index (χ1) is 8.63. The van der Waals surface area contributed by atoms with Gasteiger partial charge in [0.25, 0.3) is 0 Å². The quantitative estimate of drug-likeness (QED) is 0.707. The van der Waals surface area contributed by atoms with Gasteiger partial charge in [-0.25, -0.2) is 0 Å². The maximum Gasteiger partial charge on any atom is 0.129 e. The zero-order chi connectivity index (χ0) is 12.7. The van der Waals surface area contributed by atoms with E-state index in [4.69, 9.17) is 4.74 Å². The Labute approximate surface area is 130 Å². The minimum absolute atomic E-state index is 0.688. The molecule has 2 aromatic rings. The van der Waals surface area contributed by atoms with E-state index in [9.17, 15) is 0 Å². The zero-order valence-corrected chi connectivity index (χ0v) is 14.0. The fourth-order valence-corrected chi connectivity index (χ4v) is 3.79. The number of halogens is 3. The van der Waals surface area contributed by atoms with Crippen LogP contribution in [0.5, 0.6) is 5.75 Å². The number of fused-ring (bicyclic) bond motifs is 1. The molecule has 94 valence electrons. The molecule has 0 atom stereocenters. The summed E-state index contributed by atoms with van der Waals surface area (Å²) >= 11 is 10.4. The van der Waals surface area contributed by atoms with Gasteiger partial charge >= 0.3 is 0 Å². The second-order valence-corrected chi connectivity index (χ2v) is 6.64. The molecule has 1 aliphatic heterocycles. The smallest absolute Gasteiger partial charge is 0.129 e. The zero-order valence-electron chi connectivity index (χ0n) is 9.29. The molecular weight excluding hydrogens is 428 g/mol. The summed E-state index contributed by atoms with van der Waals surface area (Å²) in [5, 5.41) is 4.38. The molecule has 0 spiro atoms. The summed E-state index contributed by atoms with van der Waals surface area (Å²) in [6.45, 7) is 1.46. The number of ether oxygens (including phenoxy) is 1. The third-order valence-electron chi connectivity index (χ3n) is 2.85. The number of aromatic nitrogens is 2. The van der Waals surface area contributed by atoms with Crippen LogP contribution in [0.25, 0.3) is 0 Å². The van der Waals surface area contributed by atoms with E-state index in [-0.39, 0.29) is 0 Å². The fraction of sp³-hybridized carbons (Fsp3) is 0.250. The monoisotopic (exact) mass is 434 g/mol. The van der Waals surface area contributed by atoms with E-state index in [1.165, 1.54) is 5.56 Å². The van der Waals surface area contributed by atoms with Crippen molar-refractivity contribution < 1.29 is 4.74 Å². The topological polar surface area (TPSA) is 27.1 Å². The molecule has 1 aromatic heterocycles. The molecule has 0 N–H and O–H groups in total. The molecule has 18 heavy (non-hydrogen) atoms. The lowest BCUT2D eigenvalue weighted by Crippen LogP contribution is -2.04. The SMILES string of the molecule is Brc1cc2c(c(Cn3nc(Br)cc3Br)c1)OCC2. The van der Waals surface area contributed by atoms with E-state index in [2.05, 4.69) is 65.0 Å². The highest BCUT2D eigenvalue weighted by Crippen LogP contribution is 2.34. The van der Waals surface area contributed by atoms with Crippen molar-refractivity contribution in [3.05, 3.63) is 43.0 Å². The molecule has 0 saturated carbocycles. The minimum Gasteiger partial charge on any atom is -0.493 e. The van der Waals surface area contributed by atoms with Gasteiger partial charge in [-0.1, -0.05) is 15.9 Å². The summed E-state index contributed by atoms with van der Waals surface area (Å²) in [7, 11) is 0. The molecule has 0 radical (unpaired) electrons. The van der Waals surface area contributed by atoms with E-state index in [0.29, 0.717) is 6.54 Å². The fourth-order valence-electron chi connectivity index (χ4n) is 2.10. The maximum absolute atomic E-state index is 5.71. The first-order valence-corrected chi connectivity index (χ1v) is 7.84. The van der Waals surface area contributed by atoms with Crippen molar-refractivity contribution in [2.24, 2.45) is 0 Å². The van der Waals surface area contributed by atoms with Crippen molar-refractivity contribution in [3.8, 4) is 5.75 Å². The molecule has 3 rings (SSSR count). The summed E-state index contributed by atoms with van der Waals surface area (Å²) in [5.41, 5.74) is 2.41. The Morgan fingerprint density at radius 1 is 1.22 bits per heavy atom. The van der Waals surface area contributed by atoms with Gasteiger partial charge in [-0.3, -0.25) is 4.68 Å². The highest BCUT2D eigenvalue weighted by Gasteiger charge is 2.18. The van der Waals surface area contributed by atoms with E-state index in [1.54, 1.807) is 0 Å². The van der Waals surface area contributed by atoms with Gasteiger partial charge in [0.15, 0.2) is 0 Å². The first kappa shape index (κ1) is 12.7. The lowest BCUT2D eigenvalue weighted by molar-refractivity contribution is 0.352. The minimum atomic E-state index is 0.688. The van der Waals surface area contributed by atoms with Crippen molar-refractivity contribution in [1.82, 2.24) is 9.78 Å². The Hall–Kier alpha value is -0.330. The number of benzene rings is 1. The van der Waals surface area contributed by atoms with E-state index in [1.807, 2.05) is 10.7 Å². The van der Waals surface area contributed by atoms with E-state index < -0.39 is 0 Å². The van der Waals surface area contributed by atoms with Crippen LogP contribution < -0.4 is 4.74 Å². The molecular formula is C12H9Br3N2O. The summed E-state index contributed by atoms with van der Waals surface area (Å²) in [6, 6.07) is 6.14. The highest BCUT2D eigenvalue weighted by molar-refractivity contribution is 9.11. The van der Waals surface area contributed by atoms with Crippen LogP contribution in [0.15, 0.2) is 31.9 Å². The highest BCUT2D eigenvalue weighted by atomic mass is 79.9. The van der Waals surface area contributed by atoms with Gasteiger partial charge < -0.3 is 4.74 Å². The molecule has 0 amide bonds. The Bertz CT molecular complexity index is 610. The lowest BCUT2D eigenvalue weighted by atomic mass is 10.1. The van der Waals surface area contributed by atoms with Crippen LogP contribution in [0.1, 0.15) is 11.1 Å². The Balaban J connectivity index is 2.00. The molecule has 0 unspecified atom stereocenters. The van der Waals surface area contributed by atoms with Crippen LogP contribution in [0.3, 0.4) is 0 Å². The van der Waals surface area contributed by atoms with Crippen molar-refractivity contribution in [3.63, 3.8) is 0 Å². The lowest BCUT2D eigenvalue weighted by Gasteiger charge is -2.10. The van der Waals surface area contributed by atoms with Crippen LogP contribution in [0, 0.1) is 0 Å². The molecule has 0 saturated heterocycles. The summed E-state index contributed by atoms with van der Waals surface area (Å²) < 4.78 is 10.5. The summed E-state index contributed by atoms with van der Waals surface area (Å²) in [5.74, 6) is 1.01. The largest absolute Gasteiger partial charge is 0.493 e. The van der Waals surface area contributed by atoms with Gasteiger partial charge in [0.05, 0.1) is 13.2 Å². The predicted octanol–water partition coefficient (Wildman–Crippen LogP) is 4.15. The van der Waals surface area contributed by atoms with Crippen molar-refractivity contribution in [2.75, 3.05) is 6.61 Å². The molecule has 1 aromatic carbocycles. The van der Waals surface area contributed by atoms with Crippen molar-refractivity contribution in [2.45, 2.75) is 13.0 Å². The second-order valence-electron chi connectivity index (χ2n) is 4.10. The standard InChI is InChI=1S/C12H9Br3N2O/c13-9-3-7-1-2-18-12(7)8(4-9)6-17-11(15)5-10(14)16-17/h3-5H,1-2,6H2. The van der Waals surface area contributed by atoms with E-state index >= 15 is 0 Å². The van der Waals surface area contributed by atoms with Crippen LogP contribution in [0.2, 0.25) is 0 Å². The average molecular weight is 437 g/mol. The van der Waals surface area contributed by atoms with E-state index in [0.717, 1.165) is 38.0 Å². The molecule has 6 heteroatoms. The number of rotatable bonds is 2. The number of hydrogen-bond acceptors (Lipinski definition) is 2. The Morgan fingerprint density at radius 2 is 2.06 bits per heavy atom. The van der Waals surface area contributed by atoms with Gasteiger partial charge in [-0.05, 0) is 49.6 Å². The van der Waals surface area contributed by atoms with Gasteiger partial charge in [-0.2, -0.15) is 5.10 Å². The molecule has 0 fully saturated rings. The second kappa shape index (κ2) is 4.98. The number of nitrogens with zero attached hydrogens (tertiary/aromatic N) is 2. The summed E-state index contributed by atoms with van der Waals surface area (Å²) in [4.78, 5) is 0. The predicted molar refractivity (Wildman–Crippen MR) is 80.1 cm³/mol. The Morgan fingerprint density at radius 3 is 2.78 bits per heavy atom. The summed E-state index contributed by atoms with van der Waals surface area (Å²) in [6.07, 6.45) is 0.978. The molecule has 3 nitrogen and oxygen atoms in total. The van der Waals surface area contributed by atoms with Gasteiger partial charge in [0.1, 0.15) is 15.0 Å². The van der Waals surface area contributed by atoms with Crippen LogP contribution >= 0.6 is 47.8 Å². The first-order valence-electron chi connectivity index (χ1n) is 5.46. The maximum atomic E-state index is 5.71. The van der Waals surface area contributed by atoms with Gasteiger partial charge in [0.2, 0.25) is 0 Å². The van der Waals surface area contributed by atoms with Crippen LogP contribution in [-0.4, -0.2) is 16.4 Å². The van der Waals surface area contributed by atoms with Gasteiger partial charge in [0, 0.05) is 22.5 Å². The van der Waals surface area contributed by atoms with Crippen LogP contribution in [-0.2, 0) is 13.0 Å². The van der Waals surface area contributed by atoms with Crippen molar-refractivity contribution in [1.29, 1.82) is 0 Å².